The number of carbonyl (C=O) groups excluding carboxylic acids is 4. The van der Waals surface area contributed by atoms with Gasteiger partial charge in [0.1, 0.15) is 5.03 Å². The Morgan fingerprint density at radius 2 is 1.52 bits per heavy atom. The van der Waals surface area contributed by atoms with Crippen molar-refractivity contribution in [2.45, 2.75) is 24.9 Å². The van der Waals surface area contributed by atoms with Gasteiger partial charge in [-0.3, -0.25) is 14.4 Å². The number of methoxy groups -OCH3 is 2. The minimum atomic E-state index is -3.78. The van der Waals surface area contributed by atoms with Gasteiger partial charge in [0.2, 0.25) is 5.78 Å². The zero-order valence-corrected chi connectivity index (χ0v) is 19.5. The van der Waals surface area contributed by atoms with Gasteiger partial charge in [0.15, 0.2) is 15.8 Å². The van der Waals surface area contributed by atoms with E-state index in [9.17, 15) is 27.6 Å². The van der Waals surface area contributed by atoms with E-state index in [4.69, 9.17) is 4.74 Å². The van der Waals surface area contributed by atoms with Crippen molar-refractivity contribution in [3.8, 4) is 0 Å². The van der Waals surface area contributed by atoms with E-state index in [-0.39, 0.29) is 41.4 Å². The number of ketones is 1. The number of sulfone groups is 1. The molecule has 0 aliphatic carbocycles. The van der Waals surface area contributed by atoms with Gasteiger partial charge in [-0.25, -0.2) is 13.2 Å². The van der Waals surface area contributed by atoms with Crippen LogP contribution in [0.3, 0.4) is 0 Å². The average molecular weight is 480 g/mol. The van der Waals surface area contributed by atoms with E-state index in [0.29, 0.717) is 0 Å². The quantitative estimate of drug-likeness (QED) is 0.216. The van der Waals surface area contributed by atoms with Crippen LogP contribution < -0.4 is 0 Å². The molecule has 11 heteroatoms. The third kappa shape index (κ3) is 5.86. The number of nitrogens with zero attached hydrogens (tertiary/aromatic N) is 1. The van der Waals surface area contributed by atoms with Crippen LogP contribution in [0.15, 0.2) is 41.4 Å². The van der Waals surface area contributed by atoms with Crippen LogP contribution in [0.2, 0.25) is 0 Å². The van der Waals surface area contributed by atoms with Gasteiger partial charge in [-0.05, 0) is 31.5 Å². The van der Waals surface area contributed by atoms with Crippen molar-refractivity contribution in [3.63, 3.8) is 0 Å². The van der Waals surface area contributed by atoms with Gasteiger partial charge < -0.3 is 18.8 Å². The number of esters is 3. The predicted molar refractivity (Wildman–Crippen MR) is 116 cm³/mol. The van der Waals surface area contributed by atoms with Crippen molar-refractivity contribution >= 4 is 33.5 Å². The fraction of sp³-hybridized carbons (Fsp3) is 0.364. The standard InChI is InChI=1S/C22H25NO9S/c1-5-32-22(27)15-9-7-6-8-14(15)19(24)17-10-11-18(33(4,28)29)23(17)13-12-16(20(25)30-2)21(26)31-3/h6-11,16H,5,12-13H2,1-4H3. The summed E-state index contributed by atoms with van der Waals surface area (Å²) in [5, 5.41) is -0.187. The summed E-state index contributed by atoms with van der Waals surface area (Å²) < 4.78 is 40.1. The number of hydrogen-bond acceptors (Lipinski definition) is 9. The minimum absolute atomic E-state index is 0.0211. The third-order valence-corrected chi connectivity index (χ3v) is 5.95. The Hall–Kier alpha value is -3.47. The first-order valence-corrected chi connectivity index (χ1v) is 11.8. The average Bonchev–Trinajstić information content (AvgIpc) is 3.22. The molecular formula is C22H25NO9S. The molecule has 0 atom stereocenters. The van der Waals surface area contributed by atoms with Gasteiger partial charge in [0.05, 0.1) is 32.1 Å². The molecule has 2 rings (SSSR count). The molecular weight excluding hydrogens is 454 g/mol. The zero-order valence-electron chi connectivity index (χ0n) is 18.7. The molecule has 0 radical (unpaired) electrons. The lowest BCUT2D eigenvalue weighted by atomic mass is 10.0. The Morgan fingerprint density at radius 3 is 2.03 bits per heavy atom. The monoisotopic (exact) mass is 479 g/mol. The normalized spacial score (nSPS) is 11.2. The Labute approximate surface area is 191 Å². The molecule has 2 aromatic rings. The lowest BCUT2D eigenvalue weighted by Crippen LogP contribution is -2.28. The number of rotatable bonds is 10. The molecule has 0 amide bonds. The molecule has 178 valence electrons. The van der Waals surface area contributed by atoms with Crippen LogP contribution in [0.5, 0.6) is 0 Å². The minimum Gasteiger partial charge on any atom is -0.468 e. The van der Waals surface area contributed by atoms with E-state index in [1.807, 2.05) is 0 Å². The Morgan fingerprint density at radius 1 is 0.939 bits per heavy atom. The summed E-state index contributed by atoms with van der Waals surface area (Å²) in [7, 11) is -1.56. The van der Waals surface area contributed by atoms with E-state index in [1.165, 1.54) is 28.8 Å². The SMILES string of the molecule is CCOC(=O)c1ccccc1C(=O)c1ccc(S(C)(=O)=O)n1CCC(C(=O)OC)C(=O)OC. The molecule has 33 heavy (non-hydrogen) atoms. The second-order valence-electron chi connectivity index (χ2n) is 6.96. The Bertz CT molecular complexity index is 1150. The van der Waals surface area contributed by atoms with Crippen molar-refractivity contribution in [2.24, 2.45) is 5.92 Å². The number of carbonyl (C=O) groups is 4. The summed E-state index contributed by atoms with van der Waals surface area (Å²) in [6, 6.07) is 8.55. The first-order chi connectivity index (χ1) is 15.6. The highest BCUT2D eigenvalue weighted by molar-refractivity contribution is 7.90. The van der Waals surface area contributed by atoms with Gasteiger partial charge in [0.25, 0.3) is 0 Å². The maximum Gasteiger partial charge on any atom is 0.338 e. The largest absolute Gasteiger partial charge is 0.468 e. The van der Waals surface area contributed by atoms with Crippen molar-refractivity contribution in [1.82, 2.24) is 4.57 Å². The van der Waals surface area contributed by atoms with E-state index >= 15 is 0 Å². The van der Waals surface area contributed by atoms with Gasteiger partial charge in [-0.1, -0.05) is 18.2 Å². The van der Waals surface area contributed by atoms with Crippen LogP contribution >= 0.6 is 0 Å². The lowest BCUT2D eigenvalue weighted by molar-refractivity contribution is -0.159. The molecule has 0 aliphatic heterocycles. The second-order valence-corrected chi connectivity index (χ2v) is 8.93. The van der Waals surface area contributed by atoms with Crippen molar-refractivity contribution < 1.29 is 41.8 Å². The van der Waals surface area contributed by atoms with E-state index in [2.05, 4.69) is 9.47 Å². The highest BCUT2D eigenvalue weighted by Gasteiger charge is 2.31. The van der Waals surface area contributed by atoms with Crippen molar-refractivity contribution in [2.75, 3.05) is 27.1 Å². The summed E-state index contributed by atoms with van der Waals surface area (Å²) in [6.07, 6.45) is 0.786. The summed E-state index contributed by atoms with van der Waals surface area (Å²) in [6.45, 7) is 1.55. The maximum absolute atomic E-state index is 13.4. The molecule has 10 nitrogen and oxygen atoms in total. The topological polar surface area (TPSA) is 135 Å². The molecule has 1 aromatic heterocycles. The Kier molecular flexibility index (Phi) is 8.52. The molecule has 1 heterocycles. The molecule has 0 bridgehead atoms. The third-order valence-electron chi connectivity index (χ3n) is 4.83. The van der Waals surface area contributed by atoms with Gasteiger partial charge in [0, 0.05) is 18.4 Å². The molecule has 0 fully saturated rings. The number of aromatic nitrogens is 1. The van der Waals surface area contributed by atoms with Crippen LogP contribution in [0.1, 0.15) is 39.8 Å². The molecule has 0 N–H and O–H groups in total. The predicted octanol–water partition coefficient (Wildman–Crippen LogP) is 1.65. The van der Waals surface area contributed by atoms with Crippen LogP contribution in [0, 0.1) is 5.92 Å². The van der Waals surface area contributed by atoms with Gasteiger partial charge in [-0.2, -0.15) is 0 Å². The van der Waals surface area contributed by atoms with E-state index in [0.717, 1.165) is 20.5 Å². The molecule has 1 aromatic carbocycles. The molecule has 0 spiro atoms. The van der Waals surface area contributed by atoms with Gasteiger partial charge in [-0.15, -0.1) is 0 Å². The second kappa shape index (κ2) is 10.9. The number of benzene rings is 1. The van der Waals surface area contributed by atoms with Gasteiger partial charge >= 0.3 is 17.9 Å². The van der Waals surface area contributed by atoms with Crippen LogP contribution in [0.25, 0.3) is 0 Å². The van der Waals surface area contributed by atoms with Crippen LogP contribution in [-0.4, -0.2) is 63.8 Å². The summed E-state index contributed by atoms with van der Waals surface area (Å²) in [5.41, 5.74) is 0.00787. The summed E-state index contributed by atoms with van der Waals surface area (Å²) in [4.78, 5) is 49.7. The molecule has 0 saturated carbocycles. The van der Waals surface area contributed by atoms with Crippen LogP contribution in [0.4, 0.5) is 0 Å². The first kappa shape index (κ1) is 25.8. The number of hydrogen-bond donors (Lipinski definition) is 0. The molecule has 0 aliphatic rings. The fourth-order valence-corrected chi connectivity index (χ4v) is 4.19. The summed E-state index contributed by atoms with van der Waals surface area (Å²) >= 11 is 0. The first-order valence-electron chi connectivity index (χ1n) is 9.92. The lowest BCUT2D eigenvalue weighted by Gasteiger charge is -2.16. The van der Waals surface area contributed by atoms with E-state index in [1.54, 1.807) is 19.1 Å². The van der Waals surface area contributed by atoms with E-state index < -0.39 is 39.4 Å². The van der Waals surface area contributed by atoms with Crippen molar-refractivity contribution in [3.05, 3.63) is 53.2 Å². The summed E-state index contributed by atoms with van der Waals surface area (Å²) in [5.74, 6) is -4.34. The molecule has 0 saturated heterocycles. The maximum atomic E-state index is 13.4. The fourth-order valence-electron chi connectivity index (χ4n) is 3.28. The van der Waals surface area contributed by atoms with Crippen LogP contribution in [-0.2, 0) is 40.2 Å². The highest BCUT2D eigenvalue weighted by Crippen LogP contribution is 2.23. The highest BCUT2D eigenvalue weighted by atomic mass is 32.2. The number of ether oxygens (including phenoxy) is 3. The van der Waals surface area contributed by atoms with Crippen molar-refractivity contribution in [1.29, 1.82) is 0 Å². The Balaban J connectivity index is 2.54. The zero-order chi connectivity index (χ0) is 24.8. The smallest absolute Gasteiger partial charge is 0.338 e. The molecule has 0 unspecified atom stereocenters.